The third-order valence-corrected chi connectivity index (χ3v) is 9.45. The monoisotopic (exact) mass is 637 g/mol. The maximum absolute atomic E-state index is 13.7. The van der Waals surface area contributed by atoms with Crippen molar-refractivity contribution in [2.24, 2.45) is 7.05 Å². The predicted octanol–water partition coefficient (Wildman–Crippen LogP) is 6.51. The minimum Gasteiger partial charge on any atom is -0.435 e. The molecule has 234 valence electrons. The third-order valence-electron chi connectivity index (χ3n) is 9.04. The van der Waals surface area contributed by atoms with Gasteiger partial charge < -0.3 is 19.2 Å². The van der Waals surface area contributed by atoms with Gasteiger partial charge in [0.1, 0.15) is 17.8 Å². The van der Waals surface area contributed by atoms with E-state index in [0.29, 0.717) is 71.7 Å². The highest BCUT2D eigenvalue weighted by Crippen LogP contribution is 2.39. The van der Waals surface area contributed by atoms with E-state index in [4.69, 9.17) is 21.0 Å². The Morgan fingerprint density at radius 2 is 1.91 bits per heavy atom. The molecule has 1 N–H and O–H groups in total. The Balaban J connectivity index is 1.19. The summed E-state index contributed by atoms with van der Waals surface area (Å²) in [6, 6.07) is 17.3. The van der Waals surface area contributed by atoms with Crippen LogP contribution in [0.15, 0.2) is 52.9 Å². The molecule has 0 bridgehead atoms. The summed E-state index contributed by atoms with van der Waals surface area (Å²) in [5.41, 5.74) is 8.00. The number of imidazole rings is 1. The number of amides is 1. The first-order valence-corrected chi connectivity index (χ1v) is 15.7. The largest absolute Gasteiger partial charge is 0.435 e. The molecule has 1 fully saturated rings. The molecule has 0 unspecified atom stereocenters. The summed E-state index contributed by atoms with van der Waals surface area (Å²) < 4.78 is 21.8. The van der Waals surface area contributed by atoms with Gasteiger partial charge in [0, 0.05) is 63.0 Å². The van der Waals surface area contributed by atoms with E-state index in [9.17, 15) is 14.4 Å². The van der Waals surface area contributed by atoms with E-state index in [1.165, 1.54) is 0 Å². The molecule has 1 atom stereocenters. The average Bonchev–Trinajstić information content (AvgIpc) is 3.74. The second-order valence-corrected chi connectivity index (χ2v) is 12.6. The number of likely N-dealkylation sites (tertiary alicyclic amines) is 1. The second kappa shape index (κ2) is 12.0. The van der Waals surface area contributed by atoms with Crippen LogP contribution in [0.2, 0.25) is 5.02 Å². The van der Waals surface area contributed by atoms with Gasteiger partial charge in [-0.2, -0.15) is 5.26 Å². The van der Waals surface area contributed by atoms with Gasteiger partial charge in [-0.25, -0.2) is 14.4 Å². The number of aromatic nitrogens is 3. The molecule has 11 heteroatoms. The number of alkyl halides is 1. The molecule has 7 rings (SSSR count). The van der Waals surface area contributed by atoms with E-state index in [0.717, 1.165) is 52.2 Å². The number of nitrogens with one attached hydrogen (secondary N) is 1. The summed E-state index contributed by atoms with van der Waals surface area (Å²) in [5, 5.41) is 13.3. The highest BCUT2D eigenvalue weighted by atomic mass is 35.5. The Kier molecular flexibility index (Phi) is 7.85. The van der Waals surface area contributed by atoms with E-state index in [-0.39, 0.29) is 5.91 Å². The van der Waals surface area contributed by atoms with Crippen LogP contribution in [-0.4, -0.2) is 63.1 Å². The number of halogens is 2. The molecule has 46 heavy (non-hydrogen) atoms. The van der Waals surface area contributed by atoms with E-state index in [1.54, 1.807) is 12.1 Å². The molecular formula is C35H33ClFN7O2. The quantitative estimate of drug-likeness (QED) is 0.226. The first-order valence-electron chi connectivity index (χ1n) is 15.3. The standard InChI is InChI=1S/C35H33ClFN7O2/c1-20-24(26-8-5-9-27(31(26)36)40-34(45)33-39-29-19-42(2)12-11-30(29)43(33)3)6-4-7-25(20)35-41-28-15-21(14-22(16-38)32(28)46-35)17-44-13-10-23(37)18-44/h4-9,14-15,23H,10-13,17-19H2,1-3H3,(H,40,45)/t23-/m0/s1. The van der Waals surface area contributed by atoms with E-state index in [2.05, 4.69) is 21.3 Å². The second-order valence-electron chi connectivity index (χ2n) is 12.2. The molecule has 2 aliphatic heterocycles. The molecule has 2 aliphatic rings. The fourth-order valence-corrected chi connectivity index (χ4v) is 6.88. The topological polar surface area (TPSA) is 103 Å². The lowest BCUT2D eigenvalue weighted by Crippen LogP contribution is -2.27. The average molecular weight is 638 g/mol. The molecule has 9 nitrogen and oxygen atoms in total. The Morgan fingerprint density at radius 3 is 2.70 bits per heavy atom. The first-order chi connectivity index (χ1) is 22.2. The smallest absolute Gasteiger partial charge is 0.291 e. The zero-order valence-corrected chi connectivity index (χ0v) is 26.7. The molecule has 0 saturated carbocycles. The van der Waals surface area contributed by atoms with Crippen LogP contribution in [0.25, 0.3) is 33.7 Å². The van der Waals surface area contributed by atoms with Gasteiger partial charge in [-0.3, -0.25) is 9.69 Å². The lowest BCUT2D eigenvalue weighted by Gasteiger charge is -2.21. The van der Waals surface area contributed by atoms with Crippen molar-refractivity contribution < 1.29 is 13.6 Å². The molecule has 2 aromatic heterocycles. The van der Waals surface area contributed by atoms with Crippen LogP contribution in [0.5, 0.6) is 0 Å². The SMILES string of the molecule is Cc1c(-c2nc3cc(CN4CC[C@H](F)C4)cc(C#N)c3o2)cccc1-c1cccc(NC(=O)c2nc3c(n2C)CCN(C)C3)c1Cl. The maximum atomic E-state index is 13.7. The number of oxazole rings is 1. The van der Waals surface area contributed by atoms with Gasteiger partial charge in [0.25, 0.3) is 5.91 Å². The molecule has 1 saturated heterocycles. The summed E-state index contributed by atoms with van der Waals surface area (Å²) >= 11 is 6.95. The number of likely N-dealkylation sites (N-methyl/N-ethyl adjacent to an activating group) is 1. The van der Waals surface area contributed by atoms with Crippen LogP contribution in [0, 0.1) is 18.3 Å². The van der Waals surface area contributed by atoms with Crippen molar-refractivity contribution >= 4 is 34.3 Å². The molecule has 0 spiro atoms. The number of nitrogens with zero attached hydrogens (tertiary/aromatic N) is 6. The van der Waals surface area contributed by atoms with Crippen molar-refractivity contribution in [3.63, 3.8) is 0 Å². The van der Waals surface area contributed by atoms with Crippen LogP contribution in [-0.2, 0) is 26.6 Å². The van der Waals surface area contributed by atoms with E-state index >= 15 is 0 Å². The van der Waals surface area contributed by atoms with Gasteiger partial charge in [0.15, 0.2) is 11.4 Å². The number of hydrogen-bond donors (Lipinski definition) is 1. The van der Waals surface area contributed by atoms with Crippen LogP contribution in [0.4, 0.5) is 10.1 Å². The fourth-order valence-electron chi connectivity index (χ4n) is 6.60. The number of nitriles is 1. The minimum absolute atomic E-state index is 0.322. The number of carbonyl (C=O) groups excluding carboxylic acids is 1. The van der Waals surface area contributed by atoms with Crippen LogP contribution >= 0.6 is 11.6 Å². The predicted molar refractivity (Wildman–Crippen MR) is 175 cm³/mol. The zero-order valence-electron chi connectivity index (χ0n) is 25.9. The van der Waals surface area contributed by atoms with Crippen molar-refractivity contribution in [2.75, 3.05) is 32.0 Å². The molecule has 0 radical (unpaired) electrons. The van der Waals surface area contributed by atoms with Crippen LogP contribution < -0.4 is 5.32 Å². The summed E-state index contributed by atoms with van der Waals surface area (Å²) in [6.45, 7) is 5.23. The Bertz CT molecular complexity index is 2040. The number of fused-ring (bicyclic) bond motifs is 2. The van der Waals surface area contributed by atoms with E-state index < -0.39 is 6.17 Å². The fraction of sp³-hybridized carbons (Fsp3) is 0.314. The Morgan fingerprint density at radius 1 is 1.13 bits per heavy atom. The lowest BCUT2D eigenvalue weighted by atomic mass is 9.96. The van der Waals surface area contributed by atoms with Crippen molar-refractivity contribution in [2.45, 2.75) is 39.0 Å². The van der Waals surface area contributed by atoms with Crippen molar-refractivity contribution in [1.82, 2.24) is 24.3 Å². The van der Waals surface area contributed by atoms with Gasteiger partial charge in [-0.05, 0) is 61.3 Å². The molecule has 0 aliphatic carbocycles. The minimum atomic E-state index is -0.813. The Hall–Kier alpha value is -4.56. The summed E-state index contributed by atoms with van der Waals surface area (Å²) in [5.74, 6) is 0.415. The van der Waals surface area contributed by atoms with Crippen LogP contribution in [0.3, 0.4) is 0 Å². The maximum Gasteiger partial charge on any atom is 0.291 e. The van der Waals surface area contributed by atoms with Gasteiger partial charge >= 0.3 is 0 Å². The van der Waals surface area contributed by atoms with Crippen LogP contribution in [0.1, 0.15) is 45.1 Å². The van der Waals surface area contributed by atoms with Gasteiger partial charge in [0.2, 0.25) is 5.89 Å². The number of hydrogen-bond acceptors (Lipinski definition) is 7. The number of rotatable bonds is 6. The highest BCUT2D eigenvalue weighted by Gasteiger charge is 2.26. The van der Waals surface area contributed by atoms with Gasteiger partial charge in [-0.1, -0.05) is 35.9 Å². The first kappa shape index (κ1) is 30.1. The molecule has 1 amide bonds. The molecular weight excluding hydrogens is 605 g/mol. The van der Waals surface area contributed by atoms with Crippen molar-refractivity contribution in [3.05, 3.63) is 87.5 Å². The van der Waals surface area contributed by atoms with Gasteiger partial charge in [0.05, 0.1) is 22.0 Å². The molecule has 4 heterocycles. The third kappa shape index (κ3) is 5.45. The summed E-state index contributed by atoms with van der Waals surface area (Å²) in [6.07, 6.45) is 0.555. The summed E-state index contributed by atoms with van der Waals surface area (Å²) in [7, 11) is 3.92. The lowest BCUT2D eigenvalue weighted by molar-refractivity contribution is 0.101. The number of anilines is 1. The van der Waals surface area contributed by atoms with Crippen molar-refractivity contribution in [1.29, 1.82) is 5.26 Å². The normalized spacial score (nSPS) is 16.9. The number of carbonyl (C=O) groups is 1. The van der Waals surface area contributed by atoms with Gasteiger partial charge in [-0.15, -0.1) is 0 Å². The summed E-state index contributed by atoms with van der Waals surface area (Å²) in [4.78, 5) is 27.0. The molecule has 5 aromatic rings. The van der Waals surface area contributed by atoms with E-state index in [1.807, 2.05) is 66.9 Å². The zero-order chi connectivity index (χ0) is 32.1. The van der Waals surface area contributed by atoms with Crippen molar-refractivity contribution in [3.8, 4) is 28.7 Å². The Labute approximate surface area is 271 Å². The number of benzene rings is 3. The highest BCUT2D eigenvalue weighted by molar-refractivity contribution is 6.36. The molecule has 3 aromatic carbocycles.